The van der Waals surface area contributed by atoms with Crippen molar-refractivity contribution in [2.45, 2.75) is 52.4 Å². The fourth-order valence-corrected chi connectivity index (χ4v) is 1.74. The summed E-state index contributed by atoms with van der Waals surface area (Å²) in [6, 6.07) is 0. The molecular formula is C12H28BrNO. The highest BCUT2D eigenvalue weighted by Gasteiger charge is 2.18. The van der Waals surface area contributed by atoms with Crippen LogP contribution in [0.25, 0.3) is 0 Å². The van der Waals surface area contributed by atoms with Crippen molar-refractivity contribution < 1.29 is 26.6 Å². The van der Waals surface area contributed by atoms with E-state index in [4.69, 9.17) is 0 Å². The molecule has 0 atom stereocenters. The number of unbranched alkanes of at least 4 members (excludes halogenated alkanes) is 4. The summed E-state index contributed by atoms with van der Waals surface area (Å²) in [6.07, 6.45) is 7.61. The smallest absolute Gasteiger partial charge is 0.180 e. The summed E-state index contributed by atoms with van der Waals surface area (Å²) in [4.78, 5) is 0. The number of nitrogens with zero attached hydrogens (tertiary/aromatic N) is 1. The van der Waals surface area contributed by atoms with Gasteiger partial charge < -0.3 is 26.6 Å². The van der Waals surface area contributed by atoms with Crippen LogP contribution in [0.2, 0.25) is 0 Å². The Bertz CT molecular complexity index is 121. The van der Waals surface area contributed by atoms with Crippen molar-refractivity contribution in [3.8, 4) is 0 Å². The van der Waals surface area contributed by atoms with Gasteiger partial charge in [-0.15, -0.1) is 0 Å². The maximum Gasteiger partial charge on any atom is 0.180 e. The predicted molar refractivity (Wildman–Crippen MR) is 62.1 cm³/mol. The average Bonchev–Trinajstić information content (AvgIpc) is 2.19. The van der Waals surface area contributed by atoms with Gasteiger partial charge in [0.05, 0.1) is 20.1 Å². The second kappa shape index (κ2) is 10.9. The third-order valence-corrected chi connectivity index (χ3v) is 2.94. The normalized spacial score (nSPS) is 11.2. The molecule has 0 aliphatic rings. The summed E-state index contributed by atoms with van der Waals surface area (Å²) in [6.45, 7) is 7.01. The number of aliphatic hydroxyl groups is 1. The van der Waals surface area contributed by atoms with Crippen molar-refractivity contribution in [2.24, 2.45) is 0 Å². The van der Waals surface area contributed by atoms with Gasteiger partial charge in [-0.05, 0) is 25.7 Å². The van der Waals surface area contributed by atoms with E-state index < -0.39 is 0 Å². The lowest BCUT2D eigenvalue weighted by Crippen LogP contribution is -3.00. The molecule has 0 saturated heterocycles. The van der Waals surface area contributed by atoms with Gasteiger partial charge in [0.15, 0.2) is 6.73 Å². The molecule has 3 heteroatoms. The SMILES string of the molecule is CCCCC[N+](C)(CO)CCCCC.[Br-]. The molecule has 0 spiro atoms. The number of rotatable bonds is 9. The Morgan fingerprint density at radius 2 is 1.27 bits per heavy atom. The molecule has 15 heavy (non-hydrogen) atoms. The number of halogens is 1. The third-order valence-electron chi connectivity index (χ3n) is 2.94. The first kappa shape index (κ1) is 17.8. The highest BCUT2D eigenvalue weighted by atomic mass is 79.9. The molecule has 0 aliphatic heterocycles. The molecule has 0 saturated carbocycles. The van der Waals surface area contributed by atoms with Crippen LogP contribution in [-0.4, -0.2) is 36.5 Å². The molecule has 0 fully saturated rings. The van der Waals surface area contributed by atoms with Gasteiger partial charge in [0.1, 0.15) is 0 Å². The van der Waals surface area contributed by atoms with E-state index in [0.717, 1.165) is 17.6 Å². The maximum atomic E-state index is 9.36. The fourth-order valence-electron chi connectivity index (χ4n) is 1.74. The van der Waals surface area contributed by atoms with Crippen LogP contribution < -0.4 is 17.0 Å². The quantitative estimate of drug-likeness (QED) is 0.352. The number of hydrogen-bond donors (Lipinski definition) is 1. The number of aliphatic hydroxyl groups excluding tert-OH is 1. The van der Waals surface area contributed by atoms with Gasteiger partial charge in [0, 0.05) is 0 Å². The molecule has 0 rings (SSSR count). The zero-order chi connectivity index (χ0) is 10.9. The molecule has 0 unspecified atom stereocenters. The molecule has 0 aliphatic carbocycles. The first-order valence-electron chi connectivity index (χ1n) is 6.13. The van der Waals surface area contributed by atoms with Crippen molar-refractivity contribution in [3.05, 3.63) is 0 Å². The lowest BCUT2D eigenvalue weighted by atomic mass is 10.2. The van der Waals surface area contributed by atoms with Gasteiger partial charge in [0.25, 0.3) is 0 Å². The summed E-state index contributed by atoms with van der Waals surface area (Å²) in [5.41, 5.74) is 0. The first-order chi connectivity index (χ1) is 6.68. The van der Waals surface area contributed by atoms with E-state index >= 15 is 0 Å². The molecule has 0 bridgehead atoms. The second-order valence-electron chi connectivity index (χ2n) is 4.62. The Morgan fingerprint density at radius 1 is 0.867 bits per heavy atom. The van der Waals surface area contributed by atoms with Gasteiger partial charge in [-0.25, -0.2) is 0 Å². The minimum absolute atomic E-state index is 0. The number of quaternary nitrogens is 1. The standard InChI is InChI=1S/C12H28NO.BrH/c1-4-6-8-10-13(3,12-14)11-9-7-5-2;/h14H,4-12H2,1-3H3;1H/q+1;/p-1. The minimum atomic E-state index is 0. The summed E-state index contributed by atoms with van der Waals surface area (Å²) in [7, 11) is 2.17. The lowest BCUT2D eigenvalue weighted by Gasteiger charge is -2.32. The third kappa shape index (κ3) is 9.34. The van der Waals surface area contributed by atoms with E-state index in [1.807, 2.05) is 0 Å². The van der Waals surface area contributed by atoms with Crippen molar-refractivity contribution in [1.82, 2.24) is 0 Å². The summed E-state index contributed by atoms with van der Waals surface area (Å²) < 4.78 is 0.847. The Balaban J connectivity index is 0. The minimum Gasteiger partial charge on any atom is -1.00 e. The molecule has 1 N–H and O–H groups in total. The molecule has 2 nitrogen and oxygen atoms in total. The van der Waals surface area contributed by atoms with Gasteiger partial charge >= 0.3 is 0 Å². The van der Waals surface area contributed by atoms with Crippen LogP contribution in [0.3, 0.4) is 0 Å². The van der Waals surface area contributed by atoms with E-state index in [-0.39, 0.29) is 17.0 Å². The van der Waals surface area contributed by atoms with E-state index in [1.165, 1.54) is 38.5 Å². The molecule has 0 radical (unpaired) electrons. The highest BCUT2D eigenvalue weighted by Crippen LogP contribution is 2.09. The van der Waals surface area contributed by atoms with Crippen molar-refractivity contribution >= 4 is 0 Å². The Morgan fingerprint density at radius 3 is 1.53 bits per heavy atom. The molecule has 0 aromatic carbocycles. The van der Waals surface area contributed by atoms with Crippen LogP contribution in [0.1, 0.15) is 52.4 Å². The van der Waals surface area contributed by atoms with E-state index in [1.54, 1.807) is 0 Å². The second-order valence-corrected chi connectivity index (χ2v) is 4.62. The Labute approximate surface area is 106 Å². The summed E-state index contributed by atoms with van der Waals surface area (Å²) in [5.74, 6) is 0. The zero-order valence-corrected chi connectivity index (χ0v) is 12.2. The van der Waals surface area contributed by atoms with Crippen LogP contribution in [0.15, 0.2) is 0 Å². The molecule has 0 aromatic heterocycles. The molecule has 0 amide bonds. The van der Waals surface area contributed by atoms with Gasteiger partial charge in [0.2, 0.25) is 0 Å². The molecule has 0 heterocycles. The summed E-state index contributed by atoms with van der Waals surface area (Å²) >= 11 is 0. The predicted octanol–water partition coefficient (Wildman–Crippen LogP) is -0.233. The maximum absolute atomic E-state index is 9.36. The zero-order valence-electron chi connectivity index (χ0n) is 10.6. The van der Waals surface area contributed by atoms with Crippen LogP contribution in [0.5, 0.6) is 0 Å². The Kier molecular flexibility index (Phi) is 12.9. The van der Waals surface area contributed by atoms with Crippen LogP contribution in [0.4, 0.5) is 0 Å². The van der Waals surface area contributed by atoms with E-state index in [9.17, 15) is 5.11 Å². The van der Waals surface area contributed by atoms with Gasteiger partial charge in [-0.2, -0.15) is 0 Å². The average molecular weight is 282 g/mol. The van der Waals surface area contributed by atoms with Crippen molar-refractivity contribution in [1.29, 1.82) is 0 Å². The van der Waals surface area contributed by atoms with E-state index in [2.05, 4.69) is 20.9 Å². The van der Waals surface area contributed by atoms with Crippen molar-refractivity contribution in [3.63, 3.8) is 0 Å². The van der Waals surface area contributed by atoms with Crippen LogP contribution in [0, 0.1) is 0 Å². The molecule has 0 aromatic rings. The van der Waals surface area contributed by atoms with Gasteiger partial charge in [-0.3, -0.25) is 0 Å². The van der Waals surface area contributed by atoms with Crippen molar-refractivity contribution in [2.75, 3.05) is 26.9 Å². The van der Waals surface area contributed by atoms with Crippen LogP contribution >= 0.6 is 0 Å². The first-order valence-corrected chi connectivity index (χ1v) is 6.13. The monoisotopic (exact) mass is 281 g/mol. The summed E-state index contributed by atoms with van der Waals surface area (Å²) in [5, 5.41) is 9.36. The van der Waals surface area contributed by atoms with E-state index in [0.29, 0.717) is 6.73 Å². The van der Waals surface area contributed by atoms with Gasteiger partial charge in [-0.1, -0.05) is 26.7 Å². The Hall–Kier alpha value is 0.400. The fraction of sp³-hybridized carbons (Fsp3) is 1.00. The molecular weight excluding hydrogens is 254 g/mol. The highest BCUT2D eigenvalue weighted by molar-refractivity contribution is 4.42. The number of hydrogen-bond acceptors (Lipinski definition) is 1. The topological polar surface area (TPSA) is 20.2 Å². The lowest BCUT2D eigenvalue weighted by molar-refractivity contribution is -0.927. The largest absolute Gasteiger partial charge is 1.00 e. The van der Waals surface area contributed by atoms with Crippen LogP contribution in [-0.2, 0) is 0 Å². The molecule has 94 valence electrons.